The molecule has 0 aliphatic carbocycles. The number of phenols is 2. The molecule has 0 unspecified atom stereocenters. The largest absolute Gasteiger partial charge is 0.504 e. The zero-order valence-corrected chi connectivity index (χ0v) is 10.2. The van der Waals surface area contributed by atoms with Gasteiger partial charge in [-0.05, 0) is 24.6 Å². The number of aromatic nitrogens is 1. The summed E-state index contributed by atoms with van der Waals surface area (Å²) in [7, 11) is 1.83. The van der Waals surface area contributed by atoms with E-state index in [0.717, 1.165) is 10.9 Å². The van der Waals surface area contributed by atoms with Gasteiger partial charge in [0, 0.05) is 6.07 Å². The molecule has 0 spiro atoms. The molecule has 2 rings (SSSR count). The average Bonchev–Trinajstić information content (AvgIpc) is 2.29. The molecule has 0 aliphatic rings. The van der Waals surface area contributed by atoms with Crippen LogP contribution >= 0.6 is 0 Å². The van der Waals surface area contributed by atoms with Gasteiger partial charge in [-0.1, -0.05) is 13.8 Å². The van der Waals surface area contributed by atoms with Crippen LogP contribution in [0.25, 0.3) is 10.9 Å². The van der Waals surface area contributed by atoms with Gasteiger partial charge in [0.05, 0.1) is 5.39 Å². The molecule has 0 amide bonds. The van der Waals surface area contributed by atoms with Gasteiger partial charge in [0.2, 0.25) is 5.75 Å². The summed E-state index contributed by atoms with van der Waals surface area (Å²) >= 11 is 0. The zero-order chi connectivity index (χ0) is 12.3. The minimum absolute atomic E-state index is 0.0614. The minimum Gasteiger partial charge on any atom is -0.504 e. The number of aryl methyl sites for hydroxylation is 2. The molecule has 0 fully saturated rings. The molecule has 3 nitrogen and oxygen atoms in total. The van der Waals surface area contributed by atoms with Gasteiger partial charge in [0.25, 0.3) is 5.52 Å². The molecule has 0 bridgehead atoms. The van der Waals surface area contributed by atoms with Crippen molar-refractivity contribution < 1.29 is 14.8 Å². The first-order valence-corrected chi connectivity index (χ1v) is 5.41. The van der Waals surface area contributed by atoms with E-state index in [9.17, 15) is 10.2 Å². The van der Waals surface area contributed by atoms with Crippen LogP contribution in [0, 0.1) is 6.92 Å². The average molecular weight is 220 g/mol. The van der Waals surface area contributed by atoms with E-state index in [-0.39, 0.29) is 11.5 Å². The lowest BCUT2D eigenvalue weighted by molar-refractivity contribution is -0.645. The SMILES string of the molecule is CC.Cc1cc(O)c(O)c2c1ccc[n+]2C. The second-order valence-electron chi connectivity index (χ2n) is 3.44. The summed E-state index contributed by atoms with van der Waals surface area (Å²) in [6.45, 7) is 5.90. The highest BCUT2D eigenvalue weighted by atomic mass is 16.3. The zero-order valence-electron chi connectivity index (χ0n) is 10.2. The molecule has 86 valence electrons. The van der Waals surface area contributed by atoms with Crippen LogP contribution in [0.4, 0.5) is 0 Å². The molecule has 3 heteroatoms. The van der Waals surface area contributed by atoms with Crippen LogP contribution in [0.2, 0.25) is 0 Å². The van der Waals surface area contributed by atoms with Crippen LogP contribution in [0.1, 0.15) is 19.4 Å². The Kier molecular flexibility index (Phi) is 3.72. The number of hydrogen-bond acceptors (Lipinski definition) is 2. The van der Waals surface area contributed by atoms with Gasteiger partial charge >= 0.3 is 0 Å². The van der Waals surface area contributed by atoms with Crippen LogP contribution in [0.3, 0.4) is 0 Å². The molecule has 0 saturated carbocycles. The summed E-state index contributed by atoms with van der Waals surface area (Å²) in [6, 6.07) is 5.40. The van der Waals surface area contributed by atoms with Crippen molar-refractivity contribution in [2.45, 2.75) is 20.8 Å². The van der Waals surface area contributed by atoms with Crippen LogP contribution in [0.15, 0.2) is 24.4 Å². The summed E-state index contributed by atoms with van der Waals surface area (Å²) in [4.78, 5) is 0. The number of nitrogens with zero attached hydrogens (tertiary/aromatic N) is 1. The number of benzene rings is 1. The van der Waals surface area contributed by atoms with Gasteiger partial charge in [-0.2, -0.15) is 4.57 Å². The summed E-state index contributed by atoms with van der Waals surface area (Å²) in [6.07, 6.45) is 1.83. The molecule has 16 heavy (non-hydrogen) atoms. The summed E-state index contributed by atoms with van der Waals surface area (Å²) < 4.78 is 1.79. The highest BCUT2D eigenvalue weighted by Gasteiger charge is 2.15. The maximum Gasteiger partial charge on any atom is 0.258 e. The van der Waals surface area contributed by atoms with Crippen LogP contribution in [-0.2, 0) is 7.05 Å². The molecule has 0 radical (unpaired) electrons. The summed E-state index contributed by atoms with van der Waals surface area (Å²) in [5.74, 6) is -0.134. The van der Waals surface area contributed by atoms with Gasteiger partial charge in [0.1, 0.15) is 7.05 Å². The first-order chi connectivity index (χ1) is 7.61. The normalized spacial score (nSPS) is 9.75. The van der Waals surface area contributed by atoms with Crippen molar-refractivity contribution in [2.24, 2.45) is 7.05 Å². The van der Waals surface area contributed by atoms with Gasteiger partial charge < -0.3 is 10.2 Å². The second-order valence-corrected chi connectivity index (χ2v) is 3.44. The third-order valence-corrected chi connectivity index (χ3v) is 2.43. The number of aromatic hydroxyl groups is 2. The van der Waals surface area contributed by atoms with Crippen LogP contribution in [0.5, 0.6) is 11.5 Å². The quantitative estimate of drug-likeness (QED) is 0.529. The summed E-state index contributed by atoms with van der Waals surface area (Å²) in [5.41, 5.74) is 1.61. The Labute approximate surface area is 95.6 Å². The molecule has 1 aromatic heterocycles. The van der Waals surface area contributed by atoms with Crippen molar-refractivity contribution >= 4 is 10.9 Å². The fourth-order valence-corrected chi connectivity index (χ4v) is 1.70. The monoisotopic (exact) mass is 220 g/mol. The summed E-state index contributed by atoms with van der Waals surface area (Å²) in [5, 5.41) is 20.1. The number of rotatable bonds is 0. The molecule has 0 saturated heterocycles. The lowest BCUT2D eigenvalue weighted by Crippen LogP contribution is -2.28. The smallest absolute Gasteiger partial charge is 0.258 e. The topological polar surface area (TPSA) is 44.3 Å². The highest BCUT2D eigenvalue weighted by molar-refractivity contribution is 5.86. The lowest BCUT2D eigenvalue weighted by Gasteiger charge is -2.04. The van der Waals surface area contributed by atoms with Gasteiger partial charge in [-0.25, -0.2) is 0 Å². The van der Waals surface area contributed by atoms with E-state index < -0.39 is 0 Å². The molecular weight excluding hydrogens is 202 g/mol. The first kappa shape index (κ1) is 12.3. The Morgan fingerprint density at radius 1 is 1.19 bits per heavy atom. The van der Waals surface area contributed by atoms with E-state index in [4.69, 9.17) is 0 Å². The second kappa shape index (κ2) is 4.84. The van der Waals surface area contributed by atoms with Crippen molar-refractivity contribution in [1.29, 1.82) is 0 Å². The van der Waals surface area contributed by atoms with Crippen LogP contribution < -0.4 is 4.57 Å². The standard InChI is InChI=1S/C11H11NO2.C2H6/c1-7-6-9(13)11(14)10-8(7)4-3-5-12(10)2;1-2/h3-6,14H,1-2H3;1-2H3/p+1. The van der Waals surface area contributed by atoms with E-state index in [0.29, 0.717) is 5.52 Å². The molecule has 0 aliphatic heterocycles. The third kappa shape index (κ3) is 1.94. The molecule has 1 aromatic carbocycles. The Balaban J connectivity index is 0.000000606. The maximum atomic E-state index is 9.69. The first-order valence-electron chi connectivity index (χ1n) is 5.41. The molecule has 0 atom stereocenters. The highest BCUT2D eigenvalue weighted by Crippen LogP contribution is 2.33. The number of phenolic OH excluding ortho intramolecular Hbond substituents is 2. The van der Waals surface area contributed by atoms with Crippen molar-refractivity contribution in [3.63, 3.8) is 0 Å². The predicted molar refractivity (Wildman–Crippen MR) is 64.5 cm³/mol. The fraction of sp³-hybridized carbons (Fsp3) is 0.308. The Bertz CT molecular complexity index is 507. The molecule has 2 N–H and O–H groups in total. The fourth-order valence-electron chi connectivity index (χ4n) is 1.70. The molecule has 1 heterocycles. The molecule has 2 aromatic rings. The maximum absolute atomic E-state index is 9.69. The van der Waals surface area contributed by atoms with Crippen LogP contribution in [-0.4, -0.2) is 10.2 Å². The Morgan fingerprint density at radius 2 is 1.81 bits per heavy atom. The lowest BCUT2D eigenvalue weighted by atomic mass is 10.1. The molecular formula is C13H18NO2+. The van der Waals surface area contributed by atoms with E-state index in [1.165, 1.54) is 0 Å². The van der Waals surface area contributed by atoms with E-state index in [2.05, 4.69) is 0 Å². The van der Waals surface area contributed by atoms with E-state index >= 15 is 0 Å². The van der Waals surface area contributed by atoms with E-state index in [1.807, 2.05) is 46.1 Å². The van der Waals surface area contributed by atoms with E-state index in [1.54, 1.807) is 10.6 Å². The van der Waals surface area contributed by atoms with Crippen molar-refractivity contribution in [2.75, 3.05) is 0 Å². The van der Waals surface area contributed by atoms with Gasteiger partial charge in [0.15, 0.2) is 11.9 Å². The van der Waals surface area contributed by atoms with Gasteiger partial charge in [-0.3, -0.25) is 0 Å². The minimum atomic E-state index is -0.0724. The Morgan fingerprint density at radius 3 is 2.44 bits per heavy atom. The number of pyridine rings is 1. The van der Waals surface area contributed by atoms with Crippen molar-refractivity contribution in [3.8, 4) is 11.5 Å². The van der Waals surface area contributed by atoms with Crippen molar-refractivity contribution in [1.82, 2.24) is 0 Å². The number of hydrogen-bond donors (Lipinski definition) is 2. The predicted octanol–water partition coefficient (Wildman–Crippen LogP) is 2.41. The number of fused-ring (bicyclic) bond motifs is 1. The van der Waals surface area contributed by atoms with Crippen molar-refractivity contribution in [3.05, 3.63) is 30.0 Å². The van der Waals surface area contributed by atoms with Gasteiger partial charge in [-0.15, -0.1) is 0 Å². The Hall–Kier alpha value is -1.77. The third-order valence-electron chi connectivity index (χ3n) is 2.43.